The van der Waals surface area contributed by atoms with Crippen molar-refractivity contribution in [3.8, 4) is 0 Å². The van der Waals surface area contributed by atoms with Gasteiger partial charge in [0.15, 0.2) is 0 Å². The maximum absolute atomic E-state index is 12.5. The Labute approximate surface area is 189 Å². The lowest BCUT2D eigenvalue weighted by Gasteiger charge is -2.22. The Balaban J connectivity index is 0.000000224. The van der Waals surface area contributed by atoms with Crippen LogP contribution in [0.25, 0.3) is 0 Å². The molecule has 1 heterocycles. The highest BCUT2D eigenvalue weighted by molar-refractivity contribution is 14.1. The van der Waals surface area contributed by atoms with E-state index in [1.807, 2.05) is 0 Å². The molecule has 1 aliphatic heterocycles. The van der Waals surface area contributed by atoms with E-state index in [9.17, 15) is 35.6 Å². The summed E-state index contributed by atoms with van der Waals surface area (Å²) < 4.78 is 69.7. The van der Waals surface area contributed by atoms with Crippen LogP contribution in [0.15, 0.2) is 24.8 Å². The average Bonchev–Trinajstić information content (AvgIpc) is 3.31. The van der Waals surface area contributed by atoms with Crippen LogP contribution in [0.4, 0.5) is 17.6 Å². The van der Waals surface area contributed by atoms with Crippen LogP contribution in [0, 0.1) is 23.7 Å². The van der Waals surface area contributed by atoms with Crippen molar-refractivity contribution in [3.63, 3.8) is 0 Å². The van der Waals surface area contributed by atoms with Crippen molar-refractivity contribution in [3.05, 3.63) is 24.8 Å². The van der Waals surface area contributed by atoms with Crippen molar-refractivity contribution in [1.29, 1.82) is 0 Å². The molecule has 0 spiro atoms. The first kappa shape index (κ1) is 25.5. The van der Waals surface area contributed by atoms with Crippen LogP contribution in [0.5, 0.6) is 0 Å². The number of imide groups is 1. The summed E-state index contributed by atoms with van der Waals surface area (Å²) in [4.78, 5) is 29.5. The lowest BCUT2D eigenvalue weighted by molar-refractivity contribution is -0.189. The third-order valence-corrected chi connectivity index (χ3v) is 7.14. The largest absolute Gasteiger partial charge is 0.421 e. The van der Waals surface area contributed by atoms with Crippen molar-refractivity contribution in [2.45, 2.75) is 30.4 Å². The van der Waals surface area contributed by atoms with Gasteiger partial charge in [-0.1, -0.05) is 40.8 Å². The number of hydroxylamine groups is 2. The molecule has 30 heavy (non-hydrogen) atoms. The predicted molar refractivity (Wildman–Crippen MR) is 109 cm³/mol. The first-order chi connectivity index (χ1) is 13.8. The van der Waals surface area contributed by atoms with Crippen LogP contribution in [-0.2, 0) is 23.5 Å². The van der Waals surface area contributed by atoms with Gasteiger partial charge in [0.05, 0.1) is 18.4 Å². The monoisotopic (exact) mass is 587 g/mol. The molecule has 4 atom stereocenters. The van der Waals surface area contributed by atoms with Crippen molar-refractivity contribution in [2.24, 2.45) is 23.7 Å². The molecule has 4 unspecified atom stereocenters. The number of alkyl halides is 5. The second-order valence-corrected chi connectivity index (χ2v) is 10.7. The number of rotatable bonds is 8. The summed E-state index contributed by atoms with van der Waals surface area (Å²) in [5.74, 6) is -4.78. The fourth-order valence-corrected chi connectivity index (χ4v) is 5.15. The van der Waals surface area contributed by atoms with Crippen LogP contribution in [-0.4, -0.2) is 47.5 Å². The fraction of sp³-hybridized carbons (Fsp3) is 0.647. The van der Waals surface area contributed by atoms with Crippen LogP contribution >= 0.6 is 33.3 Å². The summed E-state index contributed by atoms with van der Waals surface area (Å²) in [6, 6.07) is 0. The van der Waals surface area contributed by atoms with Gasteiger partial charge in [-0.05, 0) is 24.7 Å². The molecular weight excluding hydrogens is 569 g/mol. The zero-order valence-corrected chi connectivity index (χ0v) is 19.2. The first-order valence-electron chi connectivity index (χ1n) is 8.86. The molecule has 13 heteroatoms. The van der Waals surface area contributed by atoms with E-state index in [1.54, 1.807) is 6.08 Å². The molecule has 0 radical (unpaired) electrons. The molecule has 3 aliphatic rings. The summed E-state index contributed by atoms with van der Waals surface area (Å²) in [6.45, 7) is 3.91. The van der Waals surface area contributed by atoms with Crippen molar-refractivity contribution in [1.82, 2.24) is 5.06 Å². The quantitative estimate of drug-likeness (QED) is 0.0819. The zero-order chi connectivity index (χ0) is 22.9. The second-order valence-electron chi connectivity index (χ2n) is 6.98. The van der Waals surface area contributed by atoms with Gasteiger partial charge in [-0.15, -0.1) is 6.58 Å². The molecule has 0 aromatic rings. The SMILES string of the molecule is C=CCCON1C(=O)C2C3C=CC(C3)C2C1=O.O=S(=O)(Cl)C(F)(F)C(F)(F)CCI. The van der Waals surface area contributed by atoms with Gasteiger partial charge in [0.25, 0.3) is 11.8 Å². The van der Waals surface area contributed by atoms with Gasteiger partial charge in [-0.3, -0.25) is 14.4 Å². The van der Waals surface area contributed by atoms with Gasteiger partial charge < -0.3 is 0 Å². The fourth-order valence-electron chi connectivity index (χ4n) is 3.67. The third-order valence-electron chi connectivity index (χ3n) is 5.11. The highest BCUT2D eigenvalue weighted by Gasteiger charge is 2.64. The minimum atomic E-state index is -5.60. The van der Waals surface area contributed by atoms with Crippen LogP contribution < -0.4 is 0 Å². The van der Waals surface area contributed by atoms with Gasteiger partial charge in [0, 0.05) is 21.5 Å². The summed E-state index contributed by atoms with van der Waals surface area (Å²) in [7, 11) is -1.41. The number of fused-ring (bicyclic) bond motifs is 5. The first-order valence-corrected chi connectivity index (χ1v) is 12.7. The van der Waals surface area contributed by atoms with Crippen LogP contribution in [0.2, 0.25) is 0 Å². The van der Waals surface area contributed by atoms with Crippen molar-refractivity contribution >= 4 is 54.1 Å². The molecule has 2 aliphatic carbocycles. The molecule has 2 fully saturated rings. The Hall–Kier alpha value is -0.730. The summed E-state index contributed by atoms with van der Waals surface area (Å²) >= 11 is 1.43. The minimum Gasteiger partial charge on any atom is -0.272 e. The molecule has 2 bridgehead atoms. The highest BCUT2D eigenvalue weighted by Crippen LogP contribution is 2.52. The number of hydrogen-bond donors (Lipinski definition) is 0. The normalized spacial score (nSPS) is 27.9. The van der Waals surface area contributed by atoms with E-state index in [2.05, 4.69) is 29.4 Å². The van der Waals surface area contributed by atoms with Gasteiger partial charge in [0.2, 0.25) is 0 Å². The highest BCUT2D eigenvalue weighted by atomic mass is 127. The predicted octanol–water partition coefficient (Wildman–Crippen LogP) is 3.91. The molecule has 6 nitrogen and oxygen atoms in total. The van der Waals surface area contributed by atoms with Crippen LogP contribution in [0.1, 0.15) is 19.3 Å². The number of amides is 2. The summed E-state index contributed by atoms with van der Waals surface area (Å²) in [6.07, 6.45) is 6.20. The lowest BCUT2D eigenvalue weighted by Crippen LogP contribution is -2.45. The van der Waals surface area contributed by atoms with Crippen LogP contribution in [0.3, 0.4) is 0 Å². The number of hydrogen-bond acceptors (Lipinski definition) is 5. The van der Waals surface area contributed by atoms with E-state index in [-0.39, 0.29) is 39.9 Å². The van der Waals surface area contributed by atoms with E-state index < -0.39 is 26.6 Å². The second kappa shape index (κ2) is 9.41. The number of carbonyl (C=O) groups is 2. The van der Waals surface area contributed by atoms with E-state index in [0.717, 1.165) is 11.5 Å². The topological polar surface area (TPSA) is 80.8 Å². The van der Waals surface area contributed by atoms with Crippen molar-refractivity contribution in [2.75, 3.05) is 11.0 Å². The number of allylic oxidation sites excluding steroid dienone is 2. The van der Waals surface area contributed by atoms with E-state index in [1.165, 1.54) is 22.6 Å². The zero-order valence-electron chi connectivity index (χ0n) is 15.4. The summed E-state index contributed by atoms with van der Waals surface area (Å²) in [5, 5.41) is -4.22. The molecule has 3 rings (SSSR count). The third kappa shape index (κ3) is 4.70. The molecule has 1 saturated heterocycles. The van der Waals surface area contributed by atoms with Gasteiger partial charge in [-0.25, -0.2) is 8.42 Å². The van der Waals surface area contributed by atoms with Gasteiger partial charge in [0.1, 0.15) is 0 Å². The van der Waals surface area contributed by atoms with Crippen molar-refractivity contribution < 1.29 is 40.4 Å². The maximum Gasteiger partial charge on any atom is 0.421 e. The summed E-state index contributed by atoms with van der Waals surface area (Å²) in [5.41, 5.74) is 0. The Morgan fingerprint density at radius 2 is 1.70 bits per heavy atom. The maximum atomic E-state index is 12.5. The lowest BCUT2D eigenvalue weighted by atomic mass is 9.85. The number of nitrogens with zero attached hydrogens (tertiary/aromatic N) is 1. The molecule has 0 aromatic carbocycles. The van der Waals surface area contributed by atoms with E-state index >= 15 is 0 Å². The molecule has 2 amide bonds. The Morgan fingerprint density at radius 1 is 1.20 bits per heavy atom. The van der Waals surface area contributed by atoms with E-state index in [0.29, 0.717) is 13.0 Å². The number of halogens is 6. The Morgan fingerprint density at radius 3 is 2.10 bits per heavy atom. The molecular formula is C17H19ClF4INO5S. The minimum absolute atomic E-state index is 0.152. The molecule has 0 aromatic heterocycles. The molecule has 0 N–H and O–H groups in total. The van der Waals surface area contributed by atoms with Gasteiger partial charge in [-0.2, -0.15) is 22.6 Å². The smallest absolute Gasteiger partial charge is 0.272 e. The average molecular weight is 588 g/mol. The molecule has 170 valence electrons. The Kier molecular flexibility index (Phi) is 8.01. The standard InChI is InChI=1S/C13H15NO3.C4H4ClF4IO2S/c1-2-3-6-17-14-12(15)10-8-4-5-9(7-8)11(10)13(14)16;5-13(11,12)4(8,9)3(6,7)1-2-10/h2,4-5,8-11H,1,3,6-7H2;1-2H2. The van der Waals surface area contributed by atoms with E-state index in [4.69, 9.17) is 4.84 Å². The molecule has 1 saturated carbocycles. The van der Waals surface area contributed by atoms with Gasteiger partial charge >= 0.3 is 20.2 Å². The Bertz CT molecular complexity index is 808. The number of carbonyl (C=O) groups excluding carboxylic acids is 2.